The van der Waals surface area contributed by atoms with Gasteiger partial charge in [0.25, 0.3) is 0 Å². The molecule has 1 aromatic rings. The molecular weight excluding hydrogens is 232 g/mol. The Kier molecular flexibility index (Phi) is 3.45. The lowest BCUT2D eigenvalue weighted by Gasteiger charge is -2.06. The standard InChI is InChI=1S/C9H11BrN2O/c1-6-4-7(10)2-3-8(6)12-9(13)5-11/h2-4H,5,11H2,1H3,(H,12,13). The van der Waals surface area contributed by atoms with Gasteiger partial charge in [0.15, 0.2) is 0 Å². The Morgan fingerprint density at radius 1 is 1.62 bits per heavy atom. The average Bonchev–Trinajstić information content (AvgIpc) is 2.09. The Bertz CT molecular complexity index is 325. The highest BCUT2D eigenvalue weighted by atomic mass is 79.9. The Balaban J connectivity index is 2.83. The molecule has 3 N–H and O–H groups in total. The van der Waals surface area contributed by atoms with Crippen LogP contribution in [0.5, 0.6) is 0 Å². The van der Waals surface area contributed by atoms with Gasteiger partial charge < -0.3 is 11.1 Å². The summed E-state index contributed by atoms with van der Waals surface area (Å²) < 4.78 is 0.996. The molecule has 0 saturated heterocycles. The monoisotopic (exact) mass is 242 g/mol. The van der Waals surface area contributed by atoms with E-state index in [0.29, 0.717) is 0 Å². The summed E-state index contributed by atoms with van der Waals surface area (Å²) in [6.07, 6.45) is 0. The van der Waals surface area contributed by atoms with Gasteiger partial charge in [-0.05, 0) is 30.7 Å². The van der Waals surface area contributed by atoms with Crippen LogP contribution < -0.4 is 11.1 Å². The maximum Gasteiger partial charge on any atom is 0.238 e. The first-order valence-corrected chi connectivity index (χ1v) is 4.69. The molecule has 0 saturated carbocycles. The number of hydrogen-bond acceptors (Lipinski definition) is 2. The van der Waals surface area contributed by atoms with Crippen LogP contribution >= 0.6 is 15.9 Å². The topological polar surface area (TPSA) is 55.1 Å². The van der Waals surface area contributed by atoms with Gasteiger partial charge >= 0.3 is 0 Å². The number of benzene rings is 1. The highest BCUT2D eigenvalue weighted by molar-refractivity contribution is 9.10. The molecule has 0 aliphatic heterocycles. The van der Waals surface area contributed by atoms with Gasteiger partial charge in [-0.25, -0.2) is 0 Å². The van der Waals surface area contributed by atoms with E-state index in [1.165, 1.54) is 0 Å². The molecule has 0 unspecified atom stereocenters. The number of hydrogen-bond donors (Lipinski definition) is 2. The molecule has 0 atom stereocenters. The molecule has 1 rings (SSSR count). The summed E-state index contributed by atoms with van der Waals surface area (Å²) in [5.74, 6) is -0.176. The van der Waals surface area contributed by atoms with Crippen LogP contribution in [0.25, 0.3) is 0 Å². The van der Waals surface area contributed by atoms with Crippen LogP contribution in [0.15, 0.2) is 22.7 Å². The SMILES string of the molecule is Cc1cc(Br)ccc1NC(=O)CN. The molecule has 0 bridgehead atoms. The van der Waals surface area contributed by atoms with Gasteiger partial charge in [0, 0.05) is 10.2 Å². The third kappa shape index (κ3) is 2.82. The van der Waals surface area contributed by atoms with Crippen LogP contribution in [0, 0.1) is 6.92 Å². The van der Waals surface area contributed by atoms with Crippen LogP contribution in [0.3, 0.4) is 0 Å². The molecule has 0 aliphatic rings. The Morgan fingerprint density at radius 2 is 2.31 bits per heavy atom. The second-order valence-corrected chi connectivity index (χ2v) is 3.63. The summed E-state index contributed by atoms with van der Waals surface area (Å²) in [7, 11) is 0. The van der Waals surface area contributed by atoms with Crippen molar-refractivity contribution < 1.29 is 4.79 Å². The first kappa shape index (κ1) is 10.2. The van der Waals surface area contributed by atoms with Gasteiger partial charge in [-0.15, -0.1) is 0 Å². The van der Waals surface area contributed by atoms with Crippen molar-refractivity contribution in [2.45, 2.75) is 6.92 Å². The summed E-state index contributed by atoms with van der Waals surface area (Å²) in [5, 5.41) is 2.70. The number of nitrogens with one attached hydrogen (secondary N) is 1. The molecule has 13 heavy (non-hydrogen) atoms. The smallest absolute Gasteiger partial charge is 0.238 e. The molecule has 1 amide bonds. The Hall–Kier alpha value is -0.870. The van der Waals surface area contributed by atoms with Crippen molar-refractivity contribution in [3.8, 4) is 0 Å². The fraction of sp³-hybridized carbons (Fsp3) is 0.222. The third-order valence-corrected chi connectivity index (χ3v) is 2.14. The van der Waals surface area contributed by atoms with E-state index >= 15 is 0 Å². The normalized spacial score (nSPS) is 9.77. The number of nitrogens with two attached hydrogens (primary N) is 1. The first-order valence-electron chi connectivity index (χ1n) is 3.89. The number of rotatable bonds is 2. The number of carbonyl (C=O) groups is 1. The minimum atomic E-state index is -0.176. The zero-order valence-corrected chi connectivity index (χ0v) is 8.89. The second-order valence-electron chi connectivity index (χ2n) is 2.71. The minimum absolute atomic E-state index is 0.00943. The van der Waals surface area contributed by atoms with Crippen LogP contribution in [0.4, 0.5) is 5.69 Å². The van der Waals surface area contributed by atoms with Crippen LogP contribution in [-0.2, 0) is 4.79 Å². The molecule has 0 radical (unpaired) electrons. The zero-order chi connectivity index (χ0) is 9.84. The molecule has 70 valence electrons. The number of carbonyl (C=O) groups excluding carboxylic acids is 1. The van der Waals surface area contributed by atoms with Crippen LogP contribution in [0.1, 0.15) is 5.56 Å². The molecular formula is C9H11BrN2O. The summed E-state index contributed by atoms with van der Waals surface area (Å²) in [6.45, 7) is 1.94. The fourth-order valence-electron chi connectivity index (χ4n) is 0.969. The number of halogens is 1. The largest absolute Gasteiger partial charge is 0.325 e. The fourth-order valence-corrected chi connectivity index (χ4v) is 1.44. The molecule has 3 nitrogen and oxygen atoms in total. The van der Waals surface area contributed by atoms with Crippen molar-refractivity contribution in [1.82, 2.24) is 0 Å². The van der Waals surface area contributed by atoms with Crippen molar-refractivity contribution >= 4 is 27.5 Å². The minimum Gasteiger partial charge on any atom is -0.325 e. The predicted octanol–water partition coefficient (Wildman–Crippen LogP) is 1.65. The van der Waals surface area contributed by atoms with Gasteiger partial charge in [0.05, 0.1) is 6.54 Å². The summed E-state index contributed by atoms with van der Waals surface area (Å²) in [5.41, 5.74) is 6.99. The predicted molar refractivity (Wildman–Crippen MR) is 56.6 cm³/mol. The first-order chi connectivity index (χ1) is 6.13. The molecule has 0 heterocycles. The molecule has 0 aromatic heterocycles. The molecule has 0 spiro atoms. The van der Waals surface area contributed by atoms with E-state index in [0.717, 1.165) is 15.7 Å². The second kappa shape index (κ2) is 4.39. The van der Waals surface area contributed by atoms with Crippen molar-refractivity contribution in [2.75, 3.05) is 11.9 Å². The van der Waals surface area contributed by atoms with E-state index < -0.39 is 0 Å². The van der Waals surface area contributed by atoms with E-state index in [-0.39, 0.29) is 12.5 Å². The van der Waals surface area contributed by atoms with Gasteiger partial charge in [-0.3, -0.25) is 4.79 Å². The van der Waals surface area contributed by atoms with E-state index in [1.807, 2.05) is 25.1 Å². The van der Waals surface area contributed by atoms with E-state index in [4.69, 9.17) is 5.73 Å². The zero-order valence-electron chi connectivity index (χ0n) is 7.30. The van der Waals surface area contributed by atoms with Crippen molar-refractivity contribution in [2.24, 2.45) is 5.73 Å². The number of anilines is 1. The molecule has 0 aliphatic carbocycles. The van der Waals surface area contributed by atoms with Gasteiger partial charge in [-0.1, -0.05) is 15.9 Å². The van der Waals surface area contributed by atoms with Gasteiger partial charge in [-0.2, -0.15) is 0 Å². The summed E-state index contributed by atoms with van der Waals surface area (Å²) in [6, 6.07) is 5.65. The lowest BCUT2D eigenvalue weighted by molar-refractivity contribution is -0.114. The maximum atomic E-state index is 11.0. The lowest BCUT2D eigenvalue weighted by Crippen LogP contribution is -2.22. The summed E-state index contributed by atoms with van der Waals surface area (Å²) in [4.78, 5) is 11.0. The highest BCUT2D eigenvalue weighted by Crippen LogP contribution is 2.19. The van der Waals surface area contributed by atoms with Gasteiger partial charge in [0.2, 0.25) is 5.91 Å². The number of aryl methyl sites for hydroxylation is 1. The van der Waals surface area contributed by atoms with Crippen LogP contribution in [0.2, 0.25) is 0 Å². The highest BCUT2D eigenvalue weighted by Gasteiger charge is 2.01. The van der Waals surface area contributed by atoms with Gasteiger partial charge in [0.1, 0.15) is 0 Å². The van der Waals surface area contributed by atoms with Crippen LogP contribution in [-0.4, -0.2) is 12.5 Å². The molecule has 1 aromatic carbocycles. The third-order valence-electron chi connectivity index (χ3n) is 1.65. The molecule has 4 heteroatoms. The maximum absolute atomic E-state index is 11.0. The van der Waals surface area contributed by atoms with Crippen molar-refractivity contribution in [3.05, 3.63) is 28.2 Å². The Labute approximate surface area is 85.4 Å². The Morgan fingerprint density at radius 3 is 2.85 bits per heavy atom. The molecule has 0 fully saturated rings. The van der Waals surface area contributed by atoms with E-state index in [9.17, 15) is 4.79 Å². The lowest BCUT2D eigenvalue weighted by atomic mass is 10.2. The quantitative estimate of drug-likeness (QED) is 0.829. The van der Waals surface area contributed by atoms with Crippen molar-refractivity contribution in [1.29, 1.82) is 0 Å². The van der Waals surface area contributed by atoms with E-state index in [1.54, 1.807) is 0 Å². The number of amides is 1. The average molecular weight is 243 g/mol. The summed E-state index contributed by atoms with van der Waals surface area (Å²) >= 11 is 3.34. The van der Waals surface area contributed by atoms with Crippen molar-refractivity contribution in [3.63, 3.8) is 0 Å². The van der Waals surface area contributed by atoms with E-state index in [2.05, 4.69) is 21.2 Å².